The Morgan fingerprint density at radius 3 is 2.27 bits per heavy atom. The Hall–Kier alpha value is -3.51. The Morgan fingerprint density at radius 1 is 0.818 bits per heavy atom. The Balaban J connectivity index is 1.56. The lowest BCUT2D eigenvalue weighted by atomic mass is 10.1. The van der Waals surface area contributed by atoms with Gasteiger partial charge < -0.3 is 20.9 Å². The Bertz CT molecular complexity index is 1190. The predicted octanol–water partition coefficient (Wildman–Crippen LogP) is 6.45. The fourth-order valence-corrected chi connectivity index (χ4v) is 4.22. The quantitative estimate of drug-likeness (QED) is 0.407. The van der Waals surface area contributed by atoms with Crippen LogP contribution in [-0.2, 0) is 0 Å². The van der Waals surface area contributed by atoms with Crippen molar-refractivity contribution < 1.29 is 9.59 Å². The summed E-state index contributed by atoms with van der Waals surface area (Å²) in [7, 11) is 0. The molecule has 33 heavy (non-hydrogen) atoms. The number of hydrogen-bond donors (Lipinski definition) is 3. The number of aryl methyl sites for hydroxylation is 2. The number of nitrogens with zero attached hydrogens (tertiary/aromatic N) is 1. The molecule has 3 aromatic rings. The van der Waals surface area contributed by atoms with Crippen LogP contribution in [0.1, 0.15) is 34.3 Å². The van der Waals surface area contributed by atoms with Crippen LogP contribution in [0.25, 0.3) is 0 Å². The first kappa shape index (κ1) is 22.7. The van der Waals surface area contributed by atoms with E-state index in [4.69, 9.17) is 11.6 Å². The topological polar surface area (TPSA) is 73.5 Å². The van der Waals surface area contributed by atoms with E-state index in [9.17, 15) is 9.59 Å². The normalized spacial score (nSPS) is 13.0. The lowest BCUT2D eigenvalue weighted by Gasteiger charge is -2.23. The van der Waals surface area contributed by atoms with Gasteiger partial charge in [0.1, 0.15) is 0 Å². The average Bonchev–Trinajstić information content (AvgIpc) is 3.30. The van der Waals surface area contributed by atoms with Gasteiger partial charge in [-0.25, -0.2) is 4.79 Å². The van der Waals surface area contributed by atoms with Crippen LogP contribution in [-0.4, -0.2) is 25.0 Å². The Morgan fingerprint density at radius 2 is 1.55 bits per heavy atom. The molecular weight excluding hydrogens is 436 g/mol. The van der Waals surface area contributed by atoms with Crippen molar-refractivity contribution in [1.82, 2.24) is 0 Å². The smallest absolute Gasteiger partial charge is 0.323 e. The van der Waals surface area contributed by atoms with E-state index in [-0.39, 0.29) is 5.91 Å². The van der Waals surface area contributed by atoms with Crippen LogP contribution in [0.3, 0.4) is 0 Å². The molecule has 7 heteroatoms. The summed E-state index contributed by atoms with van der Waals surface area (Å²) in [6, 6.07) is 18.1. The molecule has 3 amide bonds. The highest BCUT2D eigenvalue weighted by molar-refractivity contribution is 6.33. The lowest BCUT2D eigenvalue weighted by Crippen LogP contribution is -2.24. The molecule has 3 N–H and O–H groups in total. The number of urea groups is 1. The molecule has 0 atom stereocenters. The minimum atomic E-state index is -0.400. The largest absolute Gasteiger partial charge is 0.370 e. The summed E-state index contributed by atoms with van der Waals surface area (Å²) >= 11 is 6.27. The first-order chi connectivity index (χ1) is 15.9. The third kappa shape index (κ3) is 5.65. The third-order valence-corrected chi connectivity index (χ3v) is 5.92. The SMILES string of the molecule is Cc1cccc(C(=O)Nc2ccc(N3CCCC3)c(NC(=O)Nc3ccc(C)cc3Cl)c2)c1. The molecule has 0 saturated carbocycles. The molecule has 170 valence electrons. The Labute approximate surface area is 198 Å². The van der Waals surface area contributed by atoms with Crippen LogP contribution in [0.4, 0.5) is 27.5 Å². The highest BCUT2D eigenvalue weighted by atomic mass is 35.5. The number of halogens is 1. The molecule has 1 fully saturated rings. The first-order valence-electron chi connectivity index (χ1n) is 11.0. The van der Waals surface area contributed by atoms with E-state index in [0.717, 1.165) is 42.7 Å². The first-order valence-corrected chi connectivity index (χ1v) is 11.4. The highest BCUT2D eigenvalue weighted by Gasteiger charge is 2.18. The molecule has 0 aromatic heterocycles. The minimum absolute atomic E-state index is 0.200. The molecule has 3 aromatic carbocycles. The van der Waals surface area contributed by atoms with Crippen molar-refractivity contribution in [2.45, 2.75) is 26.7 Å². The van der Waals surface area contributed by atoms with Crippen LogP contribution in [0, 0.1) is 13.8 Å². The van der Waals surface area contributed by atoms with Gasteiger partial charge in [0, 0.05) is 24.3 Å². The van der Waals surface area contributed by atoms with Gasteiger partial charge in [-0.3, -0.25) is 4.79 Å². The molecule has 6 nitrogen and oxygen atoms in total. The van der Waals surface area contributed by atoms with Crippen LogP contribution < -0.4 is 20.9 Å². The van der Waals surface area contributed by atoms with Crippen LogP contribution in [0.15, 0.2) is 60.7 Å². The van der Waals surface area contributed by atoms with Crippen molar-refractivity contribution in [2.75, 3.05) is 33.9 Å². The fourth-order valence-electron chi connectivity index (χ4n) is 3.93. The summed E-state index contributed by atoms with van der Waals surface area (Å²) in [6.07, 6.45) is 2.22. The highest BCUT2D eigenvalue weighted by Crippen LogP contribution is 2.32. The van der Waals surface area contributed by atoms with Crippen molar-refractivity contribution in [3.8, 4) is 0 Å². The number of hydrogen-bond acceptors (Lipinski definition) is 3. The van der Waals surface area contributed by atoms with Crippen molar-refractivity contribution in [1.29, 1.82) is 0 Å². The number of benzene rings is 3. The zero-order chi connectivity index (χ0) is 23.4. The van der Waals surface area contributed by atoms with Crippen LogP contribution in [0.5, 0.6) is 0 Å². The molecule has 0 spiro atoms. The standard InChI is InChI=1S/C26H27ClN4O2/c1-17-6-5-7-19(14-17)25(32)28-20-9-11-24(31-12-3-4-13-31)23(16-20)30-26(33)29-22-10-8-18(2)15-21(22)27/h5-11,14-16H,3-4,12-13H2,1-2H3,(H,28,32)(H2,29,30,33). The molecule has 1 aliphatic rings. The lowest BCUT2D eigenvalue weighted by molar-refractivity contribution is 0.102. The maximum atomic E-state index is 12.8. The third-order valence-electron chi connectivity index (χ3n) is 5.60. The molecule has 0 radical (unpaired) electrons. The maximum absolute atomic E-state index is 12.8. The molecule has 0 unspecified atom stereocenters. The molecule has 1 aliphatic heterocycles. The van der Waals surface area contributed by atoms with Gasteiger partial charge in [-0.05, 0) is 74.7 Å². The summed E-state index contributed by atoms with van der Waals surface area (Å²) < 4.78 is 0. The van der Waals surface area contributed by atoms with E-state index >= 15 is 0 Å². The summed E-state index contributed by atoms with van der Waals surface area (Å²) in [4.78, 5) is 27.7. The van der Waals surface area contributed by atoms with Crippen molar-refractivity contribution in [3.05, 3.63) is 82.4 Å². The van der Waals surface area contributed by atoms with E-state index in [1.165, 1.54) is 0 Å². The van der Waals surface area contributed by atoms with Gasteiger partial charge in [0.15, 0.2) is 0 Å². The van der Waals surface area contributed by atoms with E-state index in [1.807, 2.05) is 50.2 Å². The van der Waals surface area contributed by atoms with Crippen LogP contribution in [0.2, 0.25) is 5.02 Å². The molecule has 1 heterocycles. The second-order valence-corrected chi connectivity index (χ2v) is 8.72. The summed E-state index contributed by atoms with van der Waals surface area (Å²) in [5.74, 6) is -0.200. The van der Waals surface area contributed by atoms with Crippen molar-refractivity contribution in [2.24, 2.45) is 0 Å². The van der Waals surface area contributed by atoms with Gasteiger partial charge in [-0.15, -0.1) is 0 Å². The van der Waals surface area contributed by atoms with Crippen molar-refractivity contribution >= 4 is 46.3 Å². The Kier molecular flexibility index (Phi) is 6.84. The van der Waals surface area contributed by atoms with Gasteiger partial charge in [0.25, 0.3) is 5.91 Å². The van der Waals surface area contributed by atoms with Crippen molar-refractivity contribution in [3.63, 3.8) is 0 Å². The number of nitrogens with one attached hydrogen (secondary N) is 3. The number of rotatable bonds is 5. The zero-order valence-electron chi connectivity index (χ0n) is 18.7. The zero-order valence-corrected chi connectivity index (χ0v) is 19.5. The van der Waals surface area contributed by atoms with Gasteiger partial charge in [-0.2, -0.15) is 0 Å². The molecule has 0 bridgehead atoms. The second kappa shape index (κ2) is 9.96. The van der Waals surface area contributed by atoms with E-state index < -0.39 is 6.03 Å². The summed E-state index contributed by atoms with van der Waals surface area (Å²) in [5.41, 5.74) is 5.30. The maximum Gasteiger partial charge on any atom is 0.323 e. The van der Waals surface area contributed by atoms with Gasteiger partial charge >= 0.3 is 6.03 Å². The van der Waals surface area contributed by atoms with Gasteiger partial charge in [-0.1, -0.05) is 35.4 Å². The van der Waals surface area contributed by atoms with Crippen LogP contribution >= 0.6 is 11.6 Å². The van der Waals surface area contributed by atoms with E-state index in [1.54, 1.807) is 24.3 Å². The minimum Gasteiger partial charge on any atom is -0.370 e. The van der Waals surface area contributed by atoms with E-state index in [0.29, 0.717) is 27.6 Å². The average molecular weight is 463 g/mol. The predicted molar refractivity (Wildman–Crippen MR) is 136 cm³/mol. The molecule has 1 saturated heterocycles. The van der Waals surface area contributed by atoms with E-state index in [2.05, 4.69) is 20.9 Å². The number of amides is 3. The van der Waals surface area contributed by atoms with Gasteiger partial charge in [0.05, 0.1) is 22.1 Å². The molecular formula is C26H27ClN4O2. The fraction of sp³-hybridized carbons (Fsp3) is 0.231. The summed E-state index contributed by atoms with van der Waals surface area (Å²) in [5, 5.41) is 9.15. The second-order valence-electron chi connectivity index (χ2n) is 8.31. The number of carbonyl (C=O) groups is 2. The molecule has 4 rings (SSSR count). The summed E-state index contributed by atoms with van der Waals surface area (Å²) in [6.45, 7) is 5.74. The number of carbonyl (C=O) groups excluding carboxylic acids is 2. The number of anilines is 4. The monoisotopic (exact) mass is 462 g/mol. The molecule has 0 aliphatic carbocycles. The van der Waals surface area contributed by atoms with Gasteiger partial charge in [0.2, 0.25) is 0 Å².